The van der Waals surface area contributed by atoms with E-state index < -0.39 is 0 Å². The van der Waals surface area contributed by atoms with Crippen molar-refractivity contribution in [1.29, 1.82) is 0 Å². The van der Waals surface area contributed by atoms with Crippen molar-refractivity contribution in [1.82, 2.24) is 4.90 Å². The summed E-state index contributed by atoms with van der Waals surface area (Å²) in [4.78, 5) is 14.1. The lowest BCUT2D eigenvalue weighted by Crippen LogP contribution is -2.44. The van der Waals surface area contributed by atoms with Crippen molar-refractivity contribution in [3.63, 3.8) is 0 Å². The molecule has 0 spiro atoms. The summed E-state index contributed by atoms with van der Waals surface area (Å²) in [6.07, 6.45) is 0.124. The number of carbonyl (C=O) groups excluding carboxylic acids is 1. The lowest BCUT2D eigenvalue weighted by molar-refractivity contribution is -0.0124. The summed E-state index contributed by atoms with van der Waals surface area (Å²) in [5, 5.41) is 0. The molecule has 1 aromatic carbocycles. The highest BCUT2D eigenvalue weighted by Gasteiger charge is 2.22. The van der Waals surface area contributed by atoms with E-state index in [1.807, 2.05) is 30.0 Å². The second-order valence-corrected chi connectivity index (χ2v) is 6.25. The zero-order chi connectivity index (χ0) is 12.4. The predicted molar refractivity (Wildman–Crippen MR) is 78.2 cm³/mol. The molecule has 0 aromatic heterocycles. The lowest BCUT2D eigenvalue weighted by Gasteiger charge is -2.31. The number of rotatable bonds is 1. The Morgan fingerprint density at radius 3 is 2.94 bits per heavy atom. The van der Waals surface area contributed by atoms with Gasteiger partial charge in [-0.3, -0.25) is 4.79 Å². The Labute approximate surface area is 123 Å². The summed E-state index contributed by atoms with van der Waals surface area (Å²) in [5.41, 5.74) is 0.734. The predicted octanol–water partition coefficient (Wildman–Crippen LogP) is 2.91. The third-order valence-corrected chi connectivity index (χ3v) is 3.72. The summed E-state index contributed by atoms with van der Waals surface area (Å²) >= 11 is 5.63. The molecule has 0 saturated carbocycles. The molecule has 1 saturated heterocycles. The first-order valence-electron chi connectivity index (χ1n) is 5.43. The van der Waals surface area contributed by atoms with E-state index in [4.69, 9.17) is 4.74 Å². The van der Waals surface area contributed by atoms with Gasteiger partial charge in [0.1, 0.15) is 0 Å². The van der Waals surface area contributed by atoms with Crippen LogP contribution in [0, 0.1) is 3.57 Å². The second-order valence-electron chi connectivity index (χ2n) is 4.09. The Balaban J connectivity index is 2.18. The molecule has 0 N–H and O–H groups in total. The standard InChI is InChI=1S/C12H13BrINO2/c1-8-7-15(2-3-17-8)12(16)9-4-10(13)6-11(14)5-9/h4-6,8H,2-3,7H2,1H3/t8-/m1/s1. The van der Waals surface area contributed by atoms with Gasteiger partial charge in [-0.2, -0.15) is 0 Å². The van der Waals surface area contributed by atoms with E-state index in [1.165, 1.54) is 0 Å². The van der Waals surface area contributed by atoms with Gasteiger partial charge in [0.05, 0.1) is 12.7 Å². The van der Waals surface area contributed by atoms with E-state index in [0.29, 0.717) is 19.7 Å². The summed E-state index contributed by atoms with van der Waals surface area (Å²) in [7, 11) is 0. The van der Waals surface area contributed by atoms with Crippen LogP contribution in [0.3, 0.4) is 0 Å². The maximum Gasteiger partial charge on any atom is 0.254 e. The highest BCUT2D eigenvalue weighted by Crippen LogP contribution is 2.19. The molecule has 0 unspecified atom stereocenters. The molecule has 17 heavy (non-hydrogen) atoms. The molecule has 0 aliphatic carbocycles. The summed E-state index contributed by atoms with van der Waals surface area (Å²) in [6, 6.07) is 5.76. The van der Waals surface area contributed by atoms with Gasteiger partial charge >= 0.3 is 0 Å². The van der Waals surface area contributed by atoms with Gasteiger partial charge in [-0.05, 0) is 47.7 Å². The number of amides is 1. The number of carbonyl (C=O) groups is 1. The van der Waals surface area contributed by atoms with Crippen LogP contribution in [0.4, 0.5) is 0 Å². The SMILES string of the molecule is C[C@@H]1CN(C(=O)c2cc(Br)cc(I)c2)CCO1. The molecule has 92 valence electrons. The van der Waals surface area contributed by atoms with Crippen molar-refractivity contribution in [2.75, 3.05) is 19.7 Å². The van der Waals surface area contributed by atoms with Gasteiger partial charge in [-0.25, -0.2) is 0 Å². The van der Waals surface area contributed by atoms with Gasteiger partial charge in [-0.1, -0.05) is 15.9 Å². The molecule has 1 aliphatic heterocycles. The van der Waals surface area contributed by atoms with E-state index in [0.717, 1.165) is 13.6 Å². The van der Waals surface area contributed by atoms with E-state index in [1.54, 1.807) is 0 Å². The van der Waals surface area contributed by atoms with Gasteiger partial charge in [0.25, 0.3) is 5.91 Å². The first-order valence-corrected chi connectivity index (χ1v) is 7.30. The number of halogens is 2. The van der Waals surface area contributed by atoms with Crippen LogP contribution in [0.1, 0.15) is 17.3 Å². The number of benzene rings is 1. The molecule has 2 rings (SSSR count). The fraction of sp³-hybridized carbons (Fsp3) is 0.417. The third-order valence-electron chi connectivity index (χ3n) is 2.64. The number of hydrogen-bond acceptors (Lipinski definition) is 2. The van der Waals surface area contributed by atoms with Gasteiger partial charge in [-0.15, -0.1) is 0 Å². The smallest absolute Gasteiger partial charge is 0.254 e. The summed E-state index contributed by atoms with van der Waals surface area (Å²) in [6.45, 7) is 3.95. The largest absolute Gasteiger partial charge is 0.375 e. The molecular weight excluding hydrogens is 397 g/mol. The molecule has 1 aliphatic rings. The van der Waals surface area contributed by atoms with Crippen LogP contribution in [0.15, 0.2) is 22.7 Å². The minimum atomic E-state index is 0.0827. The van der Waals surface area contributed by atoms with E-state index >= 15 is 0 Å². The Morgan fingerprint density at radius 2 is 2.29 bits per heavy atom. The molecule has 1 fully saturated rings. The van der Waals surface area contributed by atoms with Crippen LogP contribution in [0.5, 0.6) is 0 Å². The van der Waals surface area contributed by atoms with Crippen molar-refractivity contribution in [2.45, 2.75) is 13.0 Å². The molecular formula is C12H13BrINO2. The quantitative estimate of drug-likeness (QED) is 0.667. The topological polar surface area (TPSA) is 29.5 Å². The van der Waals surface area contributed by atoms with Crippen LogP contribution < -0.4 is 0 Å². The zero-order valence-corrected chi connectivity index (χ0v) is 13.2. The normalized spacial score (nSPS) is 20.4. The van der Waals surface area contributed by atoms with Crippen molar-refractivity contribution >= 4 is 44.4 Å². The van der Waals surface area contributed by atoms with Crippen LogP contribution >= 0.6 is 38.5 Å². The Hall–Kier alpha value is -0.140. The number of nitrogens with zero attached hydrogens (tertiary/aromatic N) is 1. The van der Waals surface area contributed by atoms with Crippen molar-refractivity contribution < 1.29 is 9.53 Å². The first kappa shape index (κ1) is 13.3. The molecule has 1 amide bonds. The van der Waals surface area contributed by atoms with Crippen molar-refractivity contribution in [3.8, 4) is 0 Å². The molecule has 1 atom stereocenters. The number of hydrogen-bond donors (Lipinski definition) is 0. The Morgan fingerprint density at radius 1 is 1.53 bits per heavy atom. The van der Waals surface area contributed by atoms with Gasteiger partial charge in [0.2, 0.25) is 0 Å². The van der Waals surface area contributed by atoms with E-state index in [9.17, 15) is 4.79 Å². The van der Waals surface area contributed by atoms with Crippen LogP contribution in [0.25, 0.3) is 0 Å². The summed E-state index contributed by atoms with van der Waals surface area (Å²) < 4.78 is 7.43. The van der Waals surface area contributed by atoms with E-state index in [2.05, 4.69) is 38.5 Å². The summed E-state index contributed by atoms with van der Waals surface area (Å²) in [5.74, 6) is 0.0827. The maximum atomic E-state index is 12.3. The fourth-order valence-corrected chi connectivity index (χ4v) is 3.45. The Kier molecular flexibility index (Phi) is 4.43. The molecule has 5 heteroatoms. The van der Waals surface area contributed by atoms with Crippen LogP contribution in [-0.2, 0) is 4.74 Å². The Bertz CT molecular complexity index is 418. The minimum Gasteiger partial charge on any atom is -0.375 e. The number of morpholine rings is 1. The van der Waals surface area contributed by atoms with E-state index in [-0.39, 0.29) is 12.0 Å². The zero-order valence-electron chi connectivity index (χ0n) is 9.45. The molecule has 0 bridgehead atoms. The van der Waals surface area contributed by atoms with Gasteiger partial charge in [0, 0.05) is 26.7 Å². The molecule has 0 radical (unpaired) electrons. The highest BCUT2D eigenvalue weighted by molar-refractivity contribution is 14.1. The lowest BCUT2D eigenvalue weighted by atomic mass is 10.2. The highest BCUT2D eigenvalue weighted by atomic mass is 127. The van der Waals surface area contributed by atoms with Crippen molar-refractivity contribution in [3.05, 3.63) is 31.8 Å². The third kappa shape index (κ3) is 3.42. The monoisotopic (exact) mass is 409 g/mol. The molecule has 3 nitrogen and oxygen atoms in total. The average molecular weight is 410 g/mol. The van der Waals surface area contributed by atoms with Gasteiger partial charge < -0.3 is 9.64 Å². The minimum absolute atomic E-state index is 0.0827. The number of ether oxygens (including phenoxy) is 1. The van der Waals surface area contributed by atoms with Crippen LogP contribution in [0.2, 0.25) is 0 Å². The van der Waals surface area contributed by atoms with Gasteiger partial charge in [0.15, 0.2) is 0 Å². The fourth-order valence-electron chi connectivity index (χ4n) is 1.86. The molecule has 1 heterocycles. The second kappa shape index (κ2) is 5.67. The first-order chi connectivity index (χ1) is 8.06. The van der Waals surface area contributed by atoms with Crippen LogP contribution in [-0.4, -0.2) is 36.6 Å². The maximum absolute atomic E-state index is 12.3. The van der Waals surface area contributed by atoms with Crippen molar-refractivity contribution in [2.24, 2.45) is 0 Å². The molecule has 1 aromatic rings. The average Bonchev–Trinajstić information content (AvgIpc) is 2.26.